The van der Waals surface area contributed by atoms with E-state index in [0.717, 1.165) is 33.5 Å². The first kappa shape index (κ1) is 48.4. The summed E-state index contributed by atoms with van der Waals surface area (Å²) in [5, 5.41) is 17.9. The molecule has 20 heteroatoms. The summed E-state index contributed by atoms with van der Waals surface area (Å²) in [6.45, 7) is 5.93. The quantitative estimate of drug-likeness (QED) is 0.135. The molecule has 3 aliphatic rings. The number of hydrogen-bond acceptors (Lipinski definition) is 11. The van der Waals surface area contributed by atoms with Crippen LogP contribution in [0.3, 0.4) is 0 Å². The number of alkyl halides is 3. The largest absolute Gasteiger partial charge is 0.497 e. The van der Waals surface area contributed by atoms with Gasteiger partial charge in [0.25, 0.3) is 11.8 Å². The van der Waals surface area contributed by atoms with Gasteiger partial charge in [0.1, 0.15) is 35.7 Å². The number of fused-ring (bicyclic) bond motifs is 1. The zero-order valence-electron chi connectivity index (χ0n) is 37.5. The van der Waals surface area contributed by atoms with Gasteiger partial charge >= 0.3 is 6.18 Å². The number of carbonyl (C=O) groups is 6. The van der Waals surface area contributed by atoms with E-state index in [1.54, 1.807) is 80.3 Å². The zero-order chi connectivity index (χ0) is 48.3. The van der Waals surface area contributed by atoms with Crippen molar-refractivity contribution in [2.24, 2.45) is 5.92 Å². The number of aliphatic hydroxyl groups is 1. The molecule has 0 saturated carbocycles. The summed E-state index contributed by atoms with van der Waals surface area (Å²) >= 11 is 1.48. The highest BCUT2D eigenvalue weighted by atomic mass is 32.1. The lowest BCUT2D eigenvalue weighted by atomic mass is 10.0. The molecular formula is C47H52F3N7O9S. The third kappa shape index (κ3) is 10.9. The Morgan fingerprint density at radius 1 is 0.866 bits per heavy atom. The van der Waals surface area contributed by atoms with Crippen molar-refractivity contribution in [3.63, 3.8) is 0 Å². The van der Waals surface area contributed by atoms with Crippen molar-refractivity contribution in [2.75, 3.05) is 20.2 Å². The maximum absolute atomic E-state index is 14.4. The molecule has 2 fully saturated rings. The molecule has 1 aromatic heterocycles. The molecule has 16 nitrogen and oxygen atoms in total. The maximum atomic E-state index is 14.4. The number of hydrogen-bond donors (Lipinski definition) is 4. The molecule has 67 heavy (non-hydrogen) atoms. The van der Waals surface area contributed by atoms with Crippen molar-refractivity contribution in [1.82, 2.24) is 35.6 Å². The van der Waals surface area contributed by atoms with Crippen molar-refractivity contribution < 1.29 is 56.5 Å². The number of nitrogens with one attached hydrogen (secondary N) is 3. The lowest BCUT2D eigenvalue weighted by Crippen LogP contribution is -2.58. The highest BCUT2D eigenvalue weighted by Gasteiger charge is 2.52. The number of likely N-dealkylation sites (tertiary alicyclic amines) is 2. The number of halogens is 3. The highest BCUT2D eigenvalue weighted by Crippen LogP contribution is 2.35. The lowest BCUT2D eigenvalue weighted by Gasteiger charge is -2.35. The molecule has 3 aromatic carbocycles. The second-order valence-corrected chi connectivity index (χ2v) is 18.1. The first-order chi connectivity index (χ1) is 31.8. The lowest BCUT2D eigenvalue weighted by molar-refractivity contribution is -0.179. The van der Waals surface area contributed by atoms with Gasteiger partial charge in [0.15, 0.2) is 0 Å². The molecule has 0 radical (unpaired) electrons. The normalized spacial score (nSPS) is 20.1. The molecule has 1 unspecified atom stereocenters. The smallest absolute Gasteiger partial charge is 0.417 e. The average molecular weight is 948 g/mol. The van der Waals surface area contributed by atoms with Crippen LogP contribution in [0.1, 0.15) is 66.4 Å². The number of aromatic nitrogens is 1. The summed E-state index contributed by atoms with van der Waals surface area (Å²) < 4.78 is 54.0. The van der Waals surface area contributed by atoms with E-state index >= 15 is 0 Å². The van der Waals surface area contributed by atoms with E-state index < -0.39 is 90.5 Å². The Bertz CT molecular complexity index is 2500. The Labute approximate surface area is 388 Å². The van der Waals surface area contributed by atoms with Gasteiger partial charge in [-0.05, 0) is 59.4 Å². The second kappa shape index (κ2) is 20.1. The Morgan fingerprint density at radius 3 is 2.03 bits per heavy atom. The molecule has 6 amide bonds. The van der Waals surface area contributed by atoms with Crippen LogP contribution in [0.15, 0.2) is 72.2 Å². The van der Waals surface area contributed by atoms with E-state index in [2.05, 4.69) is 15.6 Å². The van der Waals surface area contributed by atoms with Gasteiger partial charge in [-0.25, -0.2) is 4.98 Å². The Balaban J connectivity index is 1.04. The number of thiazole rings is 1. The predicted octanol–water partition coefficient (Wildman–Crippen LogP) is 4.12. The third-order valence-electron chi connectivity index (χ3n) is 12.1. The van der Waals surface area contributed by atoms with E-state index in [-0.39, 0.29) is 50.3 Å². The molecule has 2 saturated heterocycles. The van der Waals surface area contributed by atoms with E-state index in [9.17, 15) is 47.0 Å². The van der Waals surface area contributed by atoms with Crippen LogP contribution in [0.5, 0.6) is 11.5 Å². The van der Waals surface area contributed by atoms with Crippen LogP contribution in [0.2, 0.25) is 0 Å². The van der Waals surface area contributed by atoms with E-state index in [1.807, 2.05) is 19.1 Å². The van der Waals surface area contributed by atoms with Gasteiger partial charge in [-0.2, -0.15) is 13.2 Å². The number of nitrogens with zero attached hydrogens (tertiary/aromatic N) is 4. The topological polar surface area (TPSA) is 200 Å². The number of carbonyl (C=O) groups excluding carboxylic acids is 6. The molecule has 4 aromatic rings. The first-order valence-electron chi connectivity index (χ1n) is 21.7. The number of β-amino-alcohol motifs (C(OH)–C–C–N with tert-alkyl or cyclic N) is 1. The number of methoxy groups -OCH3 is 1. The van der Waals surface area contributed by atoms with E-state index in [4.69, 9.17) is 9.47 Å². The molecule has 0 aliphatic carbocycles. The average Bonchev–Trinajstić information content (AvgIpc) is 4.09. The summed E-state index contributed by atoms with van der Waals surface area (Å²) in [4.78, 5) is 89.9. The second-order valence-electron chi connectivity index (χ2n) is 17.2. The minimum Gasteiger partial charge on any atom is -0.497 e. The third-order valence-corrected chi connectivity index (χ3v) is 13.1. The molecule has 4 heterocycles. The van der Waals surface area contributed by atoms with Crippen LogP contribution >= 0.6 is 11.3 Å². The number of benzene rings is 3. The molecule has 4 N–H and O–H groups in total. The maximum Gasteiger partial charge on any atom is 0.417 e. The monoisotopic (exact) mass is 947 g/mol. The van der Waals surface area contributed by atoms with Crippen LogP contribution in [-0.4, -0.2) is 123 Å². The van der Waals surface area contributed by atoms with Gasteiger partial charge in [0, 0.05) is 51.5 Å². The minimum atomic E-state index is -5.18. The first-order valence-corrected chi connectivity index (χ1v) is 22.6. The Morgan fingerprint density at radius 2 is 1.46 bits per heavy atom. The van der Waals surface area contributed by atoms with Gasteiger partial charge in [0.2, 0.25) is 29.7 Å². The number of aryl methyl sites for hydroxylation is 1. The van der Waals surface area contributed by atoms with Gasteiger partial charge in [0.05, 0.1) is 35.8 Å². The van der Waals surface area contributed by atoms with Crippen LogP contribution in [-0.2, 0) is 43.6 Å². The molecule has 0 spiro atoms. The Hall–Kier alpha value is -6.54. The summed E-state index contributed by atoms with van der Waals surface area (Å²) in [6.07, 6.45) is -7.36. The number of aliphatic hydroxyl groups excluding tert-OH is 1. The fourth-order valence-corrected chi connectivity index (χ4v) is 9.60. The van der Waals surface area contributed by atoms with Crippen LogP contribution in [0.25, 0.3) is 10.4 Å². The SMILES string of the molecule is COc1ccc(CNC(=O)[C@@H]2C[C@@H](O)CN2C(=O)[C@H](C(C)C)N2Cc3ccc(O[C@@H]4C[C@@H](C(=O)NCc5ccc(-c6scnc6C)cc5)N(C(=O)C(NC(C)=O)C(F)(F)F)C4)cc3C2=O)cc1. The molecular weight excluding hydrogens is 896 g/mol. The van der Waals surface area contributed by atoms with Crippen molar-refractivity contribution in [3.05, 3.63) is 100 Å². The van der Waals surface area contributed by atoms with Crippen molar-refractivity contribution in [2.45, 2.75) is 103 Å². The van der Waals surface area contributed by atoms with Gasteiger partial charge < -0.3 is 45.2 Å². The van der Waals surface area contributed by atoms with Crippen molar-refractivity contribution >= 4 is 46.8 Å². The van der Waals surface area contributed by atoms with E-state index in [1.165, 1.54) is 27.2 Å². The van der Waals surface area contributed by atoms with Crippen LogP contribution in [0, 0.1) is 12.8 Å². The number of amides is 6. The molecule has 7 rings (SSSR count). The number of rotatable bonds is 15. The summed E-state index contributed by atoms with van der Waals surface area (Å²) in [7, 11) is 1.55. The van der Waals surface area contributed by atoms with Crippen molar-refractivity contribution in [1.29, 1.82) is 0 Å². The van der Waals surface area contributed by atoms with Gasteiger partial charge in [-0.3, -0.25) is 28.8 Å². The van der Waals surface area contributed by atoms with Gasteiger partial charge in [-0.1, -0.05) is 56.3 Å². The Kier molecular flexibility index (Phi) is 14.5. The molecule has 0 bridgehead atoms. The minimum absolute atomic E-state index is 0.000670. The molecule has 6 atom stereocenters. The standard InChI is InChI=1S/C47H52F3N7O9S/c1-25(2)39(45(63)55-22-32(59)16-37(55)42(60)51-20-29-8-13-33(65-5)14-9-29)57-21-31-12-15-34(17-36(31)44(57)62)66-35-18-38(56(23-35)46(64)41(47(48,49)50)54-27(4)58)43(61)52-19-28-6-10-30(11-7-28)40-26(3)53-24-67-40/h6-15,17,24-25,32,35,37-39,41,59H,16,18-23H2,1-5H3,(H,51,60)(H,52,61)(H,54,58)/t32-,35-,37+,38+,39+,41?/m1/s1. The predicted molar refractivity (Wildman–Crippen MR) is 238 cm³/mol. The molecule has 356 valence electrons. The van der Waals surface area contributed by atoms with Crippen LogP contribution < -0.4 is 25.4 Å². The number of ether oxygens (including phenoxy) is 2. The summed E-state index contributed by atoms with van der Waals surface area (Å²) in [6, 6.07) is 12.7. The van der Waals surface area contributed by atoms with Crippen LogP contribution in [0.4, 0.5) is 13.2 Å². The van der Waals surface area contributed by atoms with Gasteiger partial charge in [-0.15, -0.1) is 11.3 Å². The fraction of sp³-hybridized carbons (Fsp3) is 0.426. The fourth-order valence-electron chi connectivity index (χ4n) is 8.79. The highest BCUT2D eigenvalue weighted by molar-refractivity contribution is 7.13. The molecule has 3 aliphatic heterocycles. The van der Waals surface area contributed by atoms with E-state index in [0.29, 0.717) is 16.9 Å². The van der Waals surface area contributed by atoms with Crippen molar-refractivity contribution in [3.8, 4) is 21.9 Å². The zero-order valence-corrected chi connectivity index (χ0v) is 38.3. The summed E-state index contributed by atoms with van der Waals surface area (Å²) in [5.74, 6) is -4.48. The summed E-state index contributed by atoms with van der Waals surface area (Å²) in [5.41, 5.74) is 5.77.